The second kappa shape index (κ2) is 3.61. The fraction of sp³-hybridized carbons (Fsp3) is 0.643. The maximum Gasteiger partial charge on any atom is 0.129 e. The van der Waals surface area contributed by atoms with E-state index in [0.717, 1.165) is 41.7 Å². The number of fused-ring (bicyclic) bond motifs is 1. The fourth-order valence-electron chi connectivity index (χ4n) is 3.56. The molecule has 17 heavy (non-hydrogen) atoms. The maximum absolute atomic E-state index is 6.01. The van der Waals surface area contributed by atoms with E-state index in [1.54, 1.807) is 6.20 Å². The van der Waals surface area contributed by atoms with Crippen LogP contribution in [0, 0.1) is 23.2 Å². The third-order valence-electron chi connectivity index (χ3n) is 4.23. The molecular formula is C14H19ClN2. The molecule has 1 saturated heterocycles. The van der Waals surface area contributed by atoms with Crippen LogP contribution >= 0.6 is 11.6 Å². The van der Waals surface area contributed by atoms with Gasteiger partial charge in [0.25, 0.3) is 0 Å². The molecule has 0 radical (unpaired) electrons. The highest BCUT2D eigenvalue weighted by atomic mass is 35.5. The molecule has 1 aromatic rings. The summed E-state index contributed by atoms with van der Waals surface area (Å²) in [5.41, 5.74) is 0.461. The summed E-state index contributed by atoms with van der Waals surface area (Å²) in [5, 5.41) is 0.781. The van der Waals surface area contributed by atoms with Crippen molar-refractivity contribution in [2.24, 2.45) is 23.2 Å². The topological polar surface area (TPSA) is 16.1 Å². The summed E-state index contributed by atoms with van der Waals surface area (Å²) in [6.45, 7) is 9.38. The number of rotatable bonds is 1. The van der Waals surface area contributed by atoms with Gasteiger partial charge >= 0.3 is 0 Å². The van der Waals surface area contributed by atoms with Gasteiger partial charge in [0.15, 0.2) is 0 Å². The Bertz CT molecular complexity index is 426. The summed E-state index contributed by atoms with van der Waals surface area (Å²) in [5.74, 6) is 3.68. The molecule has 0 aromatic carbocycles. The number of halogens is 1. The first-order valence-corrected chi connectivity index (χ1v) is 6.71. The summed E-state index contributed by atoms with van der Waals surface area (Å²) in [4.78, 5) is 6.78. The van der Waals surface area contributed by atoms with Gasteiger partial charge in [-0.25, -0.2) is 4.98 Å². The van der Waals surface area contributed by atoms with Crippen LogP contribution in [0.5, 0.6) is 0 Å². The van der Waals surface area contributed by atoms with Gasteiger partial charge in [0.2, 0.25) is 0 Å². The average molecular weight is 251 g/mol. The van der Waals surface area contributed by atoms with Crippen molar-refractivity contribution in [1.29, 1.82) is 0 Å². The molecule has 1 aliphatic heterocycles. The van der Waals surface area contributed by atoms with Gasteiger partial charge in [-0.2, -0.15) is 0 Å². The number of pyridine rings is 1. The van der Waals surface area contributed by atoms with E-state index in [9.17, 15) is 0 Å². The number of nitrogens with zero attached hydrogens (tertiary/aromatic N) is 2. The normalized spacial score (nSPS) is 31.5. The second-order valence-electron chi connectivity index (χ2n) is 6.46. The van der Waals surface area contributed by atoms with Crippen molar-refractivity contribution in [2.75, 3.05) is 18.0 Å². The summed E-state index contributed by atoms with van der Waals surface area (Å²) >= 11 is 6.01. The molecule has 1 saturated carbocycles. The van der Waals surface area contributed by atoms with Gasteiger partial charge in [-0.3, -0.25) is 0 Å². The van der Waals surface area contributed by atoms with Crippen molar-refractivity contribution in [3.63, 3.8) is 0 Å². The Morgan fingerprint density at radius 2 is 1.94 bits per heavy atom. The van der Waals surface area contributed by atoms with Crippen molar-refractivity contribution in [3.8, 4) is 0 Å². The van der Waals surface area contributed by atoms with E-state index in [0.29, 0.717) is 5.41 Å². The molecule has 2 unspecified atom stereocenters. The molecule has 0 amide bonds. The van der Waals surface area contributed by atoms with E-state index in [4.69, 9.17) is 11.6 Å². The molecule has 1 aliphatic carbocycles. The molecule has 0 spiro atoms. The summed E-state index contributed by atoms with van der Waals surface area (Å²) < 4.78 is 0. The lowest BCUT2D eigenvalue weighted by molar-refractivity contribution is 0.309. The monoisotopic (exact) mass is 250 g/mol. The third kappa shape index (κ3) is 1.93. The van der Waals surface area contributed by atoms with Crippen LogP contribution in [0.3, 0.4) is 0 Å². The van der Waals surface area contributed by atoms with Crippen LogP contribution in [0.25, 0.3) is 0 Å². The highest BCUT2D eigenvalue weighted by molar-refractivity contribution is 6.30. The number of hydrogen-bond acceptors (Lipinski definition) is 2. The molecule has 3 heteroatoms. The molecule has 2 atom stereocenters. The van der Waals surface area contributed by atoms with Gasteiger partial charge in [-0.05, 0) is 35.3 Å². The Kier molecular flexibility index (Phi) is 2.41. The van der Waals surface area contributed by atoms with Gasteiger partial charge < -0.3 is 4.90 Å². The molecule has 0 bridgehead atoms. The molecule has 92 valence electrons. The zero-order valence-electron chi connectivity index (χ0n) is 10.7. The molecule has 2 fully saturated rings. The standard InChI is InChI=1S/C14H19ClN2/c1-14(2,3)13-10-7-17(8-11(10)13)12-6-9(15)4-5-16-12/h4-6,10-11,13H,7-8H2,1-3H3. The van der Waals surface area contributed by atoms with Crippen LogP contribution in [-0.4, -0.2) is 18.1 Å². The zero-order chi connectivity index (χ0) is 12.2. The predicted octanol–water partition coefficient (Wildman–Crippen LogP) is 3.46. The predicted molar refractivity (Wildman–Crippen MR) is 71.4 cm³/mol. The Balaban J connectivity index is 1.70. The van der Waals surface area contributed by atoms with E-state index in [1.807, 2.05) is 12.1 Å². The fourth-order valence-corrected chi connectivity index (χ4v) is 3.72. The van der Waals surface area contributed by atoms with Crippen LogP contribution < -0.4 is 4.90 Å². The first-order valence-electron chi connectivity index (χ1n) is 6.33. The van der Waals surface area contributed by atoms with Gasteiger partial charge in [-0.1, -0.05) is 32.4 Å². The molecule has 3 rings (SSSR count). The minimum Gasteiger partial charge on any atom is -0.356 e. The number of aromatic nitrogens is 1. The smallest absolute Gasteiger partial charge is 0.129 e. The number of hydrogen-bond donors (Lipinski definition) is 0. The molecule has 1 aromatic heterocycles. The Morgan fingerprint density at radius 3 is 2.47 bits per heavy atom. The summed E-state index contributed by atoms with van der Waals surface area (Å²) in [7, 11) is 0. The first-order chi connectivity index (χ1) is 7.97. The van der Waals surface area contributed by atoms with Crippen molar-refractivity contribution >= 4 is 17.4 Å². The average Bonchev–Trinajstić information content (AvgIpc) is 2.77. The number of piperidine rings is 1. The lowest BCUT2D eigenvalue weighted by Gasteiger charge is -2.26. The Hall–Kier alpha value is -0.760. The maximum atomic E-state index is 6.01. The molecule has 2 heterocycles. The number of anilines is 1. The van der Waals surface area contributed by atoms with E-state index >= 15 is 0 Å². The molecule has 2 aliphatic rings. The van der Waals surface area contributed by atoms with E-state index in [-0.39, 0.29) is 0 Å². The highest BCUT2D eigenvalue weighted by Gasteiger charge is 2.59. The van der Waals surface area contributed by atoms with E-state index < -0.39 is 0 Å². The Morgan fingerprint density at radius 1 is 1.29 bits per heavy atom. The third-order valence-corrected chi connectivity index (χ3v) is 4.46. The minimum atomic E-state index is 0.461. The molecule has 2 nitrogen and oxygen atoms in total. The van der Waals surface area contributed by atoms with E-state index in [2.05, 4.69) is 30.7 Å². The van der Waals surface area contributed by atoms with Gasteiger partial charge in [0, 0.05) is 24.3 Å². The minimum absolute atomic E-state index is 0.461. The van der Waals surface area contributed by atoms with Gasteiger partial charge in [0.05, 0.1) is 0 Å². The van der Waals surface area contributed by atoms with Crippen LogP contribution in [0.15, 0.2) is 18.3 Å². The van der Waals surface area contributed by atoms with Crippen molar-refractivity contribution < 1.29 is 0 Å². The largest absolute Gasteiger partial charge is 0.356 e. The van der Waals surface area contributed by atoms with Crippen LogP contribution in [0.4, 0.5) is 5.82 Å². The van der Waals surface area contributed by atoms with Crippen molar-refractivity contribution in [3.05, 3.63) is 23.4 Å². The lowest BCUT2D eigenvalue weighted by Crippen LogP contribution is -2.28. The van der Waals surface area contributed by atoms with Crippen LogP contribution in [0.2, 0.25) is 5.02 Å². The quantitative estimate of drug-likeness (QED) is 0.759. The van der Waals surface area contributed by atoms with E-state index in [1.165, 1.54) is 0 Å². The van der Waals surface area contributed by atoms with Gasteiger partial charge in [0.1, 0.15) is 5.82 Å². The van der Waals surface area contributed by atoms with Crippen LogP contribution in [-0.2, 0) is 0 Å². The lowest BCUT2D eigenvalue weighted by atomic mass is 9.87. The summed E-state index contributed by atoms with van der Waals surface area (Å²) in [6, 6.07) is 3.80. The van der Waals surface area contributed by atoms with Crippen LogP contribution in [0.1, 0.15) is 20.8 Å². The van der Waals surface area contributed by atoms with Crippen molar-refractivity contribution in [2.45, 2.75) is 20.8 Å². The summed E-state index contributed by atoms with van der Waals surface area (Å²) in [6.07, 6.45) is 1.79. The Labute approximate surface area is 108 Å². The first kappa shape index (κ1) is 11.3. The molecular weight excluding hydrogens is 232 g/mol. The van der Waals surface area contributed by atoms with Gasteiger partial charge in [-0.15, -0.1) is 0 Å². The molecule has 0 N–H and O–H groups in total. The zero-order valence-corrected chi connectivity index (χ0v) is 11.4. The highest BCUT2D eigenvalue weighted by Crippen LogP contribution is 2.60. The van der Waals surface area contributed by atoms with Crippen molar-refractivity contribution in [1.82, 2.24) is 4.98 Å². The second-order valence-corrected chi connectivity index (χ2v) is 6.89. The SMILES string of the molecule is CC(C)(C)C1C2CN(c3cc(Cl)ccn3)CC21.